The molecule has 106 valence electrons. The Morgan fingerprint density at radius 1 is 1.60 bits per heavy atom. The maximum atomic E-state index is 12.5. The molecule has 0 aliphatic heterocycles. The lowest BCUT2D eigenvalue weighted by atomic mass is 10.4. The Hall–Kier alpha value is -1.89. The summed E-state index contributed by atoms with van der Waals surface area (Å²) in [5, 5.41) is 7.14. The molecule has 0 radical (unpaired) electrons. The molecule has 1 fully saturated rings. The fourth-order valence-electron chi connectivity index (χ4n) is 2.20. The molecule has 1 amide bonds. The predicted molar refractivity (Wildman–Crippen MR) is 77.1 cm³/mol. The van der Waals surface area contributed by atoms with Gasteiger partial charge in [-0.05, 0) is 19.8 Å². The number of hydrogen-bond donors (Lipinski definition) is 1. The lowest BCUT2D eigenvalue weighted by Crippen LogP contribution is -2.35. The van der Waals surface area contributed by atoms with Crippen molar-refractivity contribution in [3.8, 4) is 0 Å². The lowest BCUT2D eigenvalue weighted by Gasteiger charge is -2.21. The van der Waals surface area contributed by atoms with Crippen LogP contribution in [0.15, 0.2) is 17.6 Å². The minimum absolute atomic E-state index is 0.0532. The largest absolute Gasteiger partial charge is 0.384 e. The third kappa shape index (κ3) is 2.82. The maximum absolute atomic E-state index is 12.5. The summed E-state index contributed by atoms with van der Waals surface area (Å²) in [5.74, 6) is 0.582. The van der Waals surface area contributed by atoms with Crippen molar-refractivity contribution in [2.45, 2.75) is 38.9 Å². The lowest BCUT2D eigenvalue weighted by molar-refractivity contribution is -0.133. The second-order valence-electron chi connectivity index (χ2n) is 5.05. The molecule has 2 heterocycles. The van der Waals surface area contributed by atoms with Crippen molar-refractivity contribution in [1.82, 2.24) is 19.7 Å². The first kappa shape index (κ1) is 13.1. The summed E-state index contributed by atoms with van der Waals surface area (Å²) in [5.41, 5.74) is 6.66. The zero-order chi connectivity index (χ0) is 14.1. The Bertz CT molecular complexity index is 602. The highest BCUT2D eigenvalue weighted by atomic mass is 32.1. The van der Waals surface area contributed by atoms with E-state index >= 15 is 0 Å². The van der Waals surface area contributed by atoms with Crippen LogP contribution in [0, 0.1) is 6.92 Å². The van der Waals surface area contributed by atoms with Gasteiger partial charge in [-0.25, -0.2) is 9.67 Å². The molecule has 3 rings (SSSR count). The topological polar surface area (TPSA) is 77.0 Å². The van der Waals surface area contributed by atoms with E-state index in [-0.39, 0.29) is 12.5 Å². The molecule has 6 nitrogen and oxygen atoms in total. The summed E-state index contributed by atoms with van der Waals surface area (Å²) in [4.78, 5) is 18.6. The van der Waals surface area contributed by atoms with E-state index in [0.717, 1.165) is 23.5 Å². The molecule has 0 aromatic carbocycles. The number of aryl methyl sites for hydroxylation is 1. The summed E-state index contributed by atoms with van der Waals surface area (Å²) in [6.45, 7) is 2.65. The van der Waals surface area contributed by atoms with Crippen molar-refractivity contribution in [3.05, 3.63) is 28.3 Å². The van der Waals surface area contributed by atoms with Crippen LogP contribution in [0.1, 0.15) is 23.5 Å². The maximum Gasteiger partial charge on any atom is 0.245 e. The zero-order valence-corrected chi connectivity index (χ0v) is 12.1. The minimum atomic E-state index is 0.0532. The molecule has 20 heavy (non-hydrogen) atoms. The number of carbonyl (C=O) groups excluding carboxylic acids is 1. The van der Waals surface area contributed by atoms with Crippen molar-refractivity contribution in [2.75, 3.05) is 5.73 Å². The molecular formula is C13H17N5OS. The van der Waals surface area contributed by atoms with Gasteiger partial charge in [0.25, 0.3) is 0 Å². The van der Waals surface area contributed by atoms with E-state index in [0.29, 0.717) is 18.4 Å². The Morgan fingerprint density at radius 2 is 2.40 bits per heavy atom. The van der Waals surface area contributed by atoms with Crippen LogP contribution < -0.4 is 5.73 Å². The molecule has 2 N–H and O–H groups in total. The average molecular weight is 291 g/mol. The van der Waals surface area contributed by atoms with E-state index < -0.39 is 0 Å². The molecule has 1 aliphatic carbocycles. The van der Waals surface area contributed by atoms with Crippen molar-refractivity contribution >= 4 is 23.1 Å². The first-order valence-electron chi connectivity index (χ1n) is 6.61. The smallest absolute Gasteiger partial charge is 0.245 e. The van der Waals surface area contributed by atoms with Gasteiger partial charge in [-0.2, -0.15) is 5.10 Å². The number of nitrogens with two attached hydrogens (primary N) is 1. The van der Waals surface area contributed by atoms with Gasteiger partial charge in [0.05, 0.1) is 12.2 Å². The SMILES string of the molecule is Cc1cc(N)n(CC(=O)N(Cc2nccs2)C2CC2)n1. The van der Waals surface area contributed by atoms with Crippen LogP contribution >= 0.6 is 11.3 Å². The van der Waals surface area contributed by atoms with E-state index in [9.17, 15) is 4.79 Å². The highest BCUT2D eigenvalue weighted by Crippen LogP contribution is 2.29. The molecule has 0 bridgehead atoms. The molecule has 1 aliphatic rings. The van der Waals surface area contributed by atoms with E-state index in [1.807, 2.05) is 17.2 Å². The van der Waals surface area contributed by atoms with Gasteiger partial charge in [0.1, 0.15) is 17.4 Å². The van der Waals surface area contributed by atoms with Gasteiger partial charge in [-0.15, -0.1) is 11.3 Å². The number of aromatic nitrogens is 3. The summed E-state index contributed by atoms with van der Waals surface area (Å²) in [6.07, 6.45) is 3.92. The number of carbonyl (C=O) groups is 1. The first-order chi connectivity index (χ1) is 9.63. The zero-order valence-electron chi connectivity index (χ0n) is 11.3. The average Bonchev–Trinajstić information content (AvgIpc) is 3.01. The number of amides is 1. The Kier molecular flexibility index (Phi) is 3.43. The molecule has 0 atom stereocenters. The Labute approximate surface area is 121 Å². The summed E-state index contributed by atoms with van der Waals surface area (Å²) >= 11 is 1.58. The molecular weight excluding hydrogens is 274 g/mol. The fraction of sp³-hybridized carbons (Fsp3) is 0.462. The van der Waals surface area contributed by atoms with Gasteiger partial charge in [0.2, 0.25) is 5.91 Å². The van der Waals surface area contributed by atoms with Gasteiger partial charge in [-0.1, -0.05) is 0 Å². The normalized spacial score (nSPS) is 14.4. The van der Waals surface area contributed by atoms with Crippen LogP contribution in [0.5, 0.6) is 0 Å². The molecule has 1 saturated carbocycles. The van der Waals surface area contributed by atoms with Gasteiger partial charge < -0.3 is 10.6 Å². The van der Waals surface area contributed by atoms with Crippen molar-refractivity contribution in [1.29, 1.82) is 0 Å². The molecule has 2 aromatic rings. The fourth-order valence-corrected chi connectivity index (χ4v) is 2.81. The third-order valence-electron chi connectivity index (χ3n) is 3.32. The van der Waals surface area contributed by atoms with E-state index in [1.54, 1.807) is 28.3 Å². The number of rotatable bonds is 5. The second kappa shape index (κ2) is 5.24. The van der Waals surface area contributed by atoms with Crippen molar-refractivity contribution < 1.29 is 4.79 Å². The number of thiazole rings is 1. The molecule has 0 spiro atoms. The van der Waals surface area contributed by atoms with Crippen LogP contribution in [-0.2, 0) is 17.9 Å². The minimum Gasteiger partial charge on any atom is -0.384 e. The van der Waals surface area contributed by atoms with Gasteiger partial charge in [-0.3, -0.25) is 4.79 Å². The summed E-state index contributed by atoms with van der Waals surface area (Å²) < 4.78 is 1.56. The third-order valence-corrected chi connectivity index (χ3v) is 4.08. The Morgan fingerprint density at radius 3 is 2.95 bits per heavy atom. The predicted octanol–water partition coefficient (Wildman–Crippen LogP) is 1.42. The summed E-state index contributed by atoms with van der Waals surface area (Å²) in [6, 6.07) is 2.12. The number of anilines is 1. The standard InChI is InChI=1S/C13H17N5OS/c1-9-6-11(14)18(16-9)8-13(19)17(10-2-3-10)7-12-15-4-5-20-12/h4-6,10H,2-3,7-8,14H2,1H3. The number of hydrogen-bond acceptors (Lipinski definition) is 5. The van der Waals surface area contributed by atoms with Crippen LogP contribution in [0.4, 0.5) is 5.82 Å². The van der Waals surface area contributed by atoms with Crippen LogP contribution in [-0.4, -0.2) is 31.6 Å². The van der Waals surface area contributed by atoms with Gasteiger partial charge >= 0.3 is 0 Å². The van der Waals surface area contributed by atoms with Crippen molar-refractivity contribution in [3.63, 3.8) is 0 Å². The second-order valence-corrected chi connectivity index (χ2v) is 6.03. The molecule has 2 aromatic heterocycles. The van der Waals surface area contributed by atoms with Crippen molar-refractivity contribution in [2.24, 2.45) is 0 Å². The summed E-state index contributed by atoms with van der Waals surface area (Å²) in [7, 11) is 0. The quantitative estimate of drug-likeness (QED) is 0.904. The first-order valence-corrected chi connectivity index (χ1v) is 7.49. The highest BCUT2D eigenvalue weighted by Gasteiger charge is 2.33. The molecule has 0 unspecified atom stereocenters. The molecule has 7 heteroatoms. The van der Waals surface area contributed by atoms with E-state index in [4.69, 9.17) is 5.73 Å². The number of nitrogen functional groups attached to an aromatic ring is 1. The highest BCUT2D eigenvalue weighted by molar-refractivity contribution is 7.09. The van der Waals surface area contributed by atoms with Crippen LogP contribution in [0.3, 0.4) is 0 Å². The number of nitrogens with zero attached hydrogens (tertiary/aromatic N) is 4. The van der Waals surface area contributed by atoms with E-state index in [1.165, 1.54) is 0 Å². The monoisotopic (exact) mass is 291 g/mol. The Balaban J connectivity index is 1.71. The van der Waals surface area contributed by atoms with Crippen LogP contribution in [0.25, 0.3) is 0 Å². The van der Waals surface area contributed by atoms with Gasteiger partial charge in [0.15, 0.2) is 0 Å². The van der Waals surface area contributed by atoms with E-state index in [2.05, 4.69) is 10.1 Å². The van der Waals surface area contributed by atoms with Gasteiger partial charge in [0, 0.05) is 23.7 Å². The molecule has 0 saturated heterocycles. The van der Waals surface area contributed by atoms with Crippen LogP contribution in [0.2, 0.25) is 0 Å².